The lowest BCUT2D eigenvalue weighted by Crippen LogP contribution is -2.54. The fraction of sp³-hybridized carbons (Fsp3) is 0.355. The fourth-order valence-corrected chi connectivity index (χ4v) is 6.73. The number of hydrogen-bond donors (Lipinski definition) is 1. The van der Waals surface area contributed by atoms with Crippen LogP contribution >= 0.6 is 11.6 Å². The molecule has 2 amide bonds. The van der Waals surface area contributed by atoms with Crippen molar-refractivity contribution in [3.05, 3.63) is 95.3 Å². The van der Waals surface area contributed by atoms with Crippen molar-refractivity contribution in [3.8, 4) is 0 Å². The first-order valence-corrected chi connectivity index (χ1v) is 15.7. The summed E-state index contributed by atoms with van der Waals surface area (Å²) in [7, 11) is -4.26. The molecule has 3 aromatic rings. The molecule has 0 bridgehead atoms. The molecule has 3 aromatic carbocycles. The molecule has 0 saturated heterocycles. The Morgan fingerprint density at radius 2 is 1.61 bits per heavy atom. The molecule has 1 aliphatic carbocycles. The van der Waals surface area contributed by atoms with E-state index in [9.17, 15) is 22.4 Å². The molecule has 7 nitrogen and oxygen atoms in total. The summed E-state index contributed by atoms with van der Waals surface area (Å²) in [5.41, 5.74) is 0.833. The van der Waals surface area contributed by atoms with Crippen LogP contribution in [0, 0.1) is 5.82 Å². The van der Waals surface area contributed by atoms with Crippen molar-refractivity contribution in [3.63, 3.8) is 0 Å². The summed E-state index contributed by atoms with van der Waals surface area (Å²) in [5, 5.41) is 2.85. The summed E-state index contributed by atoms with van der Waals surface area (Å²) in [6.07, 6.45) is 5.35. The topological polar surface area (TPSA) is 86.8 Å². The number of nitrogens with one attached hydrogen (secondary N) is 1. The average molecular weight is 600 g/mol. The molecule has 1 atom stereocenters. The molecule has 0 heterocycles. The molecular formula is C31H35ClFN3O4S. The van der Waals surface area contributed by atoms with Crippen LogP contribution in [0.5, 0.6) is 0 Å². The van der Waals surface area contributed by atoms with Crippen LogP contribution in [0.25, 0.3) is 0 Å². The van der Waals surface area contributed by atoms with Gasteiger partial charge in [-0.2, -0.15) is 0 Å². The van der Waals surface area contributed by atoms with Crippen molar-refractivity contribution in [2.75, 3.05) is 10.8 Å². The molecule has 0 spiro atoms. The lowest BCUT2D eigenvalue weighted by atomic mass is 9.95. The molecular weight excluding hydrogens is 565 g/mol. The second kappa shape index (κ2) is 14.0. The second-order valence-electron chi connectivity index (χ2n) is 10.2. The first-order chi connectivity index (χ1) is 19.7. The minimum atomic E-state index is -4.26. The van der Waals surface area contributed by atoms with E-state index in [4.69, 9.17) is 11.6 Å². The third-order valence-electron chi connectivity index (χ3n) is 7.33. The number of hydrogen-bond acceptors (Lipinski definition) is 4. The normalized spacial score (nSPS) is 14.7. The van der Waals surface area contributed by atoms with Gasteiger partial charge in [0, 0.05) is 12.6 Å². The molecule has 1 N–H and O–H groups in total. The van der Waals surface area contributed by atoms with Gasteiger partial charge in [0.1, 0.15) is 18.4 Å². The molecule has 4 rings (SSSR count). The van der Waals surface area contributed by atoms with Crippen LogP contribution in [-0.2, 0) is 26.2 Å². The van der Waals surface area contributed by atoms with E-state index in [1.807, 2.05) is 37.3 Å². The molecule has 0 radical (unpaired) electrons. The van der Waals surface area contributed by atoms with Crippen LogP contribution in [0.1, 0.15) is 51.0 Å². The van der Waals surface area contributed by atoms with Gasteiger partial charge in [-0.15, -0.1) is 0 Å². The van der Waals surface area contributed by atoms with Crippen LogP contribution in [0.3, 0.4) is 0 Å². The Labute approximate surface area is 246 Å². The van der Waals surface area contributed by atoms with Crippen LogP contribution in [0.15, 0.2) is 83.8 Å². The third kappa shape index (κ3) is 7.65. The van der Waals surface area contributed by atoms with Gasteiger partial charge in [0.15, 0.2) is 0 Å². The van der Waals surface area contributed by atoms with Crippen LogP contribution in [0.4, 0.5) is 10.1 Å². The summed E-state index contributed by atoms with van der Waals surface area (Å²) in [4.78, 5) is 29.0. The van der Waals surface area contributed by atoms with Gasteiger partial charge in [0.2, 0.25) is 11.8 Å². The van der Waals surface area contributed by atoms with E-state index in [2.05, 4.69) is 5.32 Å². The van der Waals surface area contributed by atoms with Gasteiger partial charge in [-0.25, -0.2) is 12.8 Å². The number of amides is 2. The number of anilines is 1. The van der Waals surface area contributed by atoms with Crippen LogP contribution < -0.4 is 9.62 Å². The lowest BCUT2D eigenvalue weighted by molar-refractivity contribution is -0.140. The first-order valence-electron chi connectivity index (χ1n) is 13.9. The van der Waals surface area contributed by atoms with Crippen molar-refractivity contribution >= 4 is 39.1 Å². The highest BCUT2D eigenvalue weighted by atomic mass is 35.5. The van der Waals surface area contributed by atoms with Gasteiger partial charge >= 0.3 is 0 Å². The Balaban J connectivity index is 1.70. The maximum absolute atomic E-state index is 14.1. The highest BCUT2D eigenvalue weighted by Crippen LogP contribution is 2.28. The van der Waals surface area contributed by atoms with Gasteiger partial charge in [0.25, 0.3) is 10.0 Å². The van der Waals surface area contributed by atoms with Gasteiger partial charge in [-0.1, -0.05) is 86.3 Å². The Hall–Kier alpha value is -3.43. The highest BCUT2D eigenvalue weighted by molar-refractivity contribution is 7.92. The van der Waals surface area contributed by atoms with E-state index in [-0.39, 0.29) is 34.1 Å². The van der Waals surface area contributed by atoms with E-state index in [0.717, 1.165) is 48.0 Å². The van der Waals surface area contributed by atoms with Gasteiger partial charge < -0.3 is 10.2 Å². The quantitative estimate of drug-likeness (QED) is 0.296. The lowest BCUT2D eigenvalue weighted by Gasteiger charge is -2.34. The predicted molar refractivity (Wildman–Crippen MR) is 158 cm³/mol. The molecule has 1 saturated carbocycles. The van der Waals surface area contributed by atoms with E-state index in [1.165, 1.54) is 29.2 Å². The van der Waals surface area contributed by atoms with Gasteiger partial charge in [0.05, 0.1) is 15.6 Å². The van der Waals surface area contributed by atoms with E-state index >= 15 is 0 Å². The van der Waals surface area contributed by atoms with Gasteiger partial charge in [-0.05, 0) is 55.2 Å². The van der Waals surface area contributed by atoms with Crippen molar-refractivity contribution < 1.29 is 22.4 Å². The highest BCUT2D eigenvalue weighted by Gasteiger charge is 2.34. The molecule has 1 fully saturated rings. The Morgan fingerprint density at radius 3 is 2.22 bits per heavy atom. The van der Waals surface area contributed by atoms with Crippen molar-refractivity contribution in [2.24, 2.45) is 0 Å². The number of halogens is 2. The van der Waals surface area contributed by atoms with Crippen molar-refractivity contribution in [1.82, 2.24) is 10.2 Å². The number of benzene rings is 3. The zero-order chi connectivity index (χ0) is 29.4. The minimum absolute atomic E-state index is 0.0352. The number of sulfonamides is 1. The number of rotatable bonds is 11. The maximum Gasteiger partial charge on any atom is 0.264 e. The molecule has 218 valence electrons. The molecule has 0 aliphatic heterocycles. The summed E-state index contributed by atoms with van der Waals surface area (Å²) in [6.45, 7) is 1.33. The molecule has 10 heteroatoms. The van der Waals surface area contributed by atoms with Crippen molar-refractivity contribution in [2.45, 2.75) is 69.0 Å². The number of carbonyl (C=O) groups is 2. The van der Waals surface area contributed by atoms with Crippen LogP contribution in [-0.4, -0.2) is 43.8 Å². The second-order valence-corrected chi connectivity index (χ2v) is 12.5. The van der Waals surface area contributed by atoms with E-state index < -0.39 is 34.3 Å². The third-order valence-corrected chi connectivity index (χ3v) is 9.41. The maximum atomic E-state index is 14.1. The predicted octanol–water partition coefficient (Wildman–Crippen LogP) is 5.93. The first kappa shape index (κ1) is 30.5. The average Bonchev–Trinajstić information content (AvgIpc) is 2.98. The molecule has 1 aliphatic rings. The number of nitrogens with zero attached hydrogens (tertiary/aromatic N) is 2. The summed E-state index contributed by atoms with van der Waals surface area (Å²) >= 11 is 6.02. The zero-order valence-corrected chi connectivity index (χ0v) is 24.6. The monoisotopic (exact) mass is 599 g/mol. The minimum Gasteiger partial charge on any atom is -0.352 e. The van der Waals surface area contributed by atoms with Crippen LogP contribution in [0.2, 0.25) is 5.02 Å². The smallest absolute Gasteiger partial charge is 0.264 e. The number of carbonyl (C=O) groups excluding carboxylic acids is 2. The standard InChI is InChI=1S/C31H35ClFN3O4S/c1-2-29(31(38)34-24-14-8-4-9-15-24)35(21-23-12-6-3-7-13-23)30(37)22-36(25-18-19-28(33)27(32)20-25)41(39,40)26-16-10-5-11-17-26/h3,5-7,10-13,16-20,24,29H,2,4,8-9,14-15,21-22H2,1H3,(H,34,38)/t29-/m0/s1. The summed E-state index contributed by atoms with van der Waals surface area (Å²) in [5.74, 6) is -1.54. The summed E-state index contributed by atoms with van der Waals surface area (Å²) in [6, 6.07) is 19.7. The largest absolute Gasteiger partial charge is 0.352 e. The Kier molecular flexibility index (Phi) is 10.4. The molecule has 41 heavy (non-hydrogen) atoms. The Morgan fingerprint density at radius 1 is 0.976 bits per heavy atom. The Bertz CT molecular complexity index is 1430. The van der Waals surface area contributed by atoms with E-state index in [1.54, 1.807) is 18.2 Å². The van der Waals surface area contributed by atoms with Crippen molar-refractivity contribution in [1.29, 1.82) is 0 Å². The van der Waals surface area contributed by atoms with E-state index in [0.29, 0.717) is 6.42 Å². The van der Waals surface area contributed by atoms with Gasteiger partial charge in [-0.3, -0.25) is 13.9 Å². The molecule has 0 unspecified atom stereocenters. The fourth-order valence-electron chi connectivity index (χ4n) is 5.13. The molecule has 0 aromatic heterocycles. The SMILES string of the molecule is CC[C@@H](C(=O)NC1CCCCC1)N(Cc1ccccc1)C(=O)CN(c1ccc(F)c(Cl)c1)S(=O)(=O)c1ccccc1. The zero-order valence-electron chi connectivity index (χ0n) is 23.0. The summed E-state index contributed by atoms with van der Waals surface area (Å²) < 4.78 is 42.6.